The lowest BCUT2D eigenvalue weighted by atomic mass is 9.65. The topological polar surface area (TPSA) is 76.0 Å². The zero-order valence-electron chi connectivity index (χ0n) is 18.0. The van der Waals surface area contributed by atoms with Crippen LogP contribution in [0.4, 0.5) is 61.5 Å². The van der Waals surface area contributed by atoms with Crippen molar-refractivity contribution in [2.45, 2.75) is 67.7 Å². The molecule has 0 radical (unpaired) electrons. The fraction of sp³-hybridized carbons (Fsp3) is 0.833. The Bertz CT molecular complexity index is 740. The van der Waals surface area contributed by atoms with Crippen molar-refractivity contribution in [3.63, 3.8) is 0 Å². The van der Waals surface area contributed by atoms with Crippen LogP contribution in [0.5, 0.6) is 0 Å². The second-order valence-corrected chi connectivity index (χ2v) is 8.16. The van der Waals surface area contributed by atoms with E-state index < -0.39 is 104 Å². The number of alkyl halides is 14. The van der Waals surface area contributed by atoms with Crippen LogP contribution in [0.2, 0.25) is 0 Å². The normalized spacial score (nSPS) is 22.8. The molecule has 1 aliphatic rings. The SMILES string of the molecule is C=C(COCC(F)F)C(=O)OC1CC(C(O)(C(F)(F)F)C(F)(F)F)CC(C(O)(C(F)(F)F)C(F)(F)F)C1. The summed E-state index contributed by atoms with van der Waals surface area (Å²) in [5, 5.41) is 19.2. The van der Waals surface area contributed by atoms with Crippen molar-refractivity contribution in [2.75, 3.05) is 13.2 Å². The Labute approximate surface area is 198 Å². The molecule has 0 heterocycles. The van der Waals surface area contributed by atoms with Crippen LogP contribution in [-0.2, 0) is 14.3 Å². The monoisotopic (exact) mass is 580 g/mol. The average Bonchev–Trinajstić information content (AvgIpc) is 2.68. The van der Waals surface area contributed by atoms with Gasteiger partial charge in [-0.05, 0) is 19.3 Å². The number of hydrogen-bond donors (Lipinski definition) is 2. The van der Waals surface area contributed by atoms with Gasteiger partial charge in [0.05, 0.1) is 12.2 Å². The van der Waals surface area contributed by atoms with Gasteiger partial charge in [0.15, 0.2) is 0 Å². The van der Waals surface area contributed by atoms with Gasteiger partial charge >= 0.3 is 30.7 Å². The molecule has 2 unspecified atom stereocenters. The summed E-state index contributed by atoms with van der Waals surface area (Å²) < 4.78 is 193. The van der Waals surface area contributed by atoms with Gasteiger partial charge in [0.25, 0.3) is 17.6 Å². The Kier molecular flexibility index (Phi) is 9.59. The average molecular weight is 580 g/mol. The number of carbonyl (C=O) groups is 1. The van der Waals surface area contributed by atoms with Gasteiger partial charge in [-0.3, -0.25) is 0 Å². The van der Waals surface area contributed by atoms with Crippen molar-refractivity contribution in [3.05, 3.63) is 12.2 Å². The summed E-state index contributed by atoms with van der Waals surface area (Å²) in [4.78, 5) is 12.0. The van der Waals surface area contributed by atoms with Crippen molar-refractivity contribution in [2.24, 2.45) is 11.8 Å². The molecule has 1 fully saturated rings. The Balaban J connectivity index is 3.51. The minimum absolute atomic E-state index is 0.928. The fourth-order valence-corrected chi connectivity index (χ4v) is 3.86. The van der Waals surface area contributed by atoms with Crippen LogP contribution < -0.4 is 0 Å². The predicted molar refractivity (Wildman–Crippen MR) is 90.8 cm³/mol. The van der Waals surface area contributed by atoms with E-state index in [1.54, 1.807) is 0 Å². The van der Waals surface area contributed by atoms with Crippen LogP contribution in [-0.4, -0.2) is 77.8 Å². The molecule has 2 atom stereocenters. The minimum Gasteiger partial charge on any atom is -0.459 e. The van der Waals surface area contributed by atoms with Crippen LogP contribution in [0.15, 0.2) is 12.2 Å². The summed E-state index contributed by atoms with van der Waals surface area (Å²) in [6.07, 6.45) is -38.2. The second kappa shape index (κ2) is 10.7. The molecule has 0 aromatic carbocycles. The zero-order chi connectivity index (χ0) is 29.4. The van der Waals surface area contributed by atoms with Gasteiger partial charge in [0, 0.05) is 11.8 Å². The summed E-state index contributed by atoms with van der Waals surface area (Å²) in [6, 6.07) is 0. The molecular formula is C18H18F14O5. The van der Waals surface area contributed by atoms with Crippen LogP contribution in [0, 0.1) is 11.8 Å². The summed E-state index contributed by atoms with van der Waals surface area (Å²) in [5.74, 6) is -8.88. The van der Waals surface area contributed by atoms with E-state index in [4.69, 9.17) is 0 Å². The van der Waals surface area contributed by atoms with Gasteiger partial charge in [-0.2, -0.15) is 52.7 Å². The first-order chi connectivity index (χ1) is 16.3. The third kappa shape index (κ3) is 6.76. The third-order valence-electron chi connectivity index (χ3n) is 5.66. The van der Waals surface area contributed by atoms with E-state index >= 15 is 0 Å². The van der Waals surface area contributed by atoms with Crippen molar-refractivity contribution < 1.29 is 85.9 Å². The number of esters is 1. The van der Waals surface area contributed by atoms with Gasteiger partial charge in [-0.25, -0.2) is 13.6 Å². The quantitative estimate of drug-likeness (QED) is 0.244. The Morgan fingerprint density at radius 3 is 1.41 bits per heavy atom. The van der Waals surface area contributed by atoms with Crippen LogP contribution in [0.1, 0.15) is 19.3 Å². The highest BCUT2D eigenvalue weighted by Gasteiger charge is 2.78. The molecular weight excluding hydrogens is 562 g/mol. The molecule has 0 amide bonds. The van der Waals surface area contributed by atoms with Crippen LogP contribution in [0.25, 0.3) is 0 Å². The van der Waals surface area contributed by atoms with Gasteiger partial charge < -0.3 is 19.7 Å². The van der Waals surface area contributed by atoms with E-state index in [1.165, 1.54) is 0 Å². The van der Waals surface area contributed by atoms with Crippen LogP contribution >= 0.6 is 0 Å². The molecule has 0 spiro atoms. The van der Waals surface area contributed by atoms with E-state index in [0.717, 1.165) is 0 Å². The van der Waals surface area contributed by atoms with Crippen molar-refractivity contribution in [1.29, 1.82) is 0 Å². The highest BCUT2D eigenvalue weighted by atomic mass is 19.4. The predicted octanol–water partition coefficient (Wildman–Crippen LogP) is 4.86. The molecule has 1 saturated carbocycles. The van der Waals surface area contributed by atoms with E-state index in [-0.39, 0.29) is 0 Å². The second-order valence-electron chi connectivity index (χ2n) is 8.16. The highest BCUT2D eigenvalue weighted by molar-refractivity contribution is 5.88. The number of ether oxygens (including phenoxy) is 2. The molecule has 2 N–H and O–H groups in total. The number of hydrogen-bond acceptors (Lipinski definition) is 5. The van der Waals surface area contributed by atoms with E-state index in [0.29, 0.717) is 0 Å². The zero-order valence-corrected chi connectivity index (χ0v) is 18.0. The smallest absolute Gasteiger partial charge is 0.426 e. The first-order valence-corrected chi connectivity index (χ1v) is 9.76. The molecule has 1 rings (SSSR count). The maximum Gasteiger partial charge on any atom is 0.426 e. The van der Waals surface area contributed by atoms with E-state index in [9.17, 15) is 76.5 Å². The lowest BCUT2D eigenvalue weighted by Gasteiger charge is -2.48. The Hall–Kier alpha value is -1.89. The maximum atomic E-state index is 13.3. The van der Waals surface area contributed by atoms with Crippen molar-refractivity contribution >= 4 is 5.97 Å². The lowest BCUT2D eigenvalue weighted by Crippen LogP contribution is -2.67. The molecule has 0 bridgehead atoms. The summed E-state index contributed by atoms with van der Waals surface area (Å²) in [5.41, 5.74) is -12.7. The molecule has 37 heavy (non-hydrogen) atoms. The van der Waals surface area contributed by atoms with Gasteiger partial charge in [0.1, 0.15) is 12.7 Å². The molecule has 0 aromatic heterocycles. The largest absolute Gasteiger partial charge is 0.459 e. The number of aliphatic hydroxyl groups is 2. The summed E-state index contributed by atoms with van der Waals surface area (Å²) in [7, 11) is 0. The van der Waals surface area contributed by atoms with Gasteiger partial charge in [-0.1, -0.05) is 6.58 Å². The lowest BCUT2D eigenvalue weighted by molar-refractivity contribution is -0.405. The summed E-state index contributed by atoms with van der Waals surface area (Å²) in [6.45, 7) is 0.600. The van der Waals surface area contributed by atoms with Gasteiger partial charge in [0.2, 0.25) is 0 Å². The number of carbonyl (C=O) groups excluding carboxylic acids is 1. The fourth-order valence-electron chi connectivity index (χ4n) is 3.86. The number of rotatable bonds is 8. The van der Waals surface area contributed by atoms with Crippen molar-refractivity contribution in [1.82, 2.24) is 0 Å². The number of halogens is 14. The van der Waals surface area contributed by atoms with E-state index in [1.807, 2.05) is 0 Å². The molecule has 0 aliphatic heterocycles. The molecule has 218 valence electrons. The standard InChI is InChI=1S/C18H18F14O5/c1-7(5-36-6-11(19)20)12(33)37-10-3-8(13(34,15(21,22)23)16(24,25)26)2-9(4-10)14(35,17(27,28)29)18(30,31)32/h8-11,34-35H,1-6H2. The maximum absolute atomic E-state index is 13.3. The highest BCUT2D eigenvalue weighted by Crippen LogP contribution is 2.57. The van der Waals surface area contributed by atoms with Crippen LogP contribution in [0.3, 0.4) is 0 Å². The molecule has 0 aromatic rings. The summed E-state index contributed by atoms with van der Waals surface area (Å²) >= 11 is 0. The first kappa shape index (κ1) is 33.1. The Morgan fingerprint density at radius 2 is 1.11 bits per heavy atom. The Morgan fingerprint density at radius 1 is 0.757 bits per heavy atom. The minimum atomic E-state index is -6.69. The first-order valence-electron chi connectivity index (χ1n) is 9.76. The van der Waals surface area contributed by atoms with E-state index in [2.05, 4.69) is 16.1 Å². The molecule has 1 aliphatic carbocycles. The molecule has 0 saturated heterocycles. The molecule has 5 nitrogen and oxygen atoms in total. The molecule has 19 heteroatoms. The third-order valence-corrected chi connectivity index (χ3v) is 5.66. The van der Waals surface area contributed by atoms with Gasteiger partial charge in [-0.15, -0.1) is 0 Å². The van der Waals surface area contributed by atoms with Crippen molar-refractivity contribution in [3.8, 4) is 0 Å².